The van der Waals surface area contributed by atoms with E-state index in [2.05, 4.69) is 30.9 Å². The van der Waals surface area contributed by atoms with Crippen LogP contribution in [0.3, 0.4) is 0 Å². The van der Waals surface area contributed by atoms with Crippen LogP contribution < -0.4 is 9.80 Å². The van der Waals surface area contributed by atoms with E-state index in [9.17, 15) is 9.59 Å². The van der Waals surface area contributed by atoms with E-state index in [0.29, 0.717) is 26.2 Å². The molecular formula is C21H32N4O3. The van der Waals surface area contributed by atoms with E-state index in [1.807, 2.05) is 42.7 Å². The highest BCUT2D eigenvalue weighted by Gasteiger charge is 2.43. The molecule has 28 heavy (non-hydrogen) atoms. The molecule has 2 heterocycles. The Morgan fingerprint density at radius 2 is 1.89 bits per heavy atom. The van der Waals surface area contributed by atoms with Crippen molar-refractivity contribution >= 4 is 23.5 Å². The van der Waals surface area contributed by atoms with Crippen molar-refractivity contribution in [2.75, 3.05) is 49.1 Å². The first-order chi connectivity index (χ1) is 13.2. The van der Waals surface area contributed by atoms with Crippen LogP contribution in [0.1, 0.15) is 34.6 Å². The predicted octanol–water partition coefficient (Wildman–Crippen LogP) is 3.39. The second-order valence-corrected chi connectivity index (χ2v) is 8.36. The van der Waals surface area contributed by atoms with Crippen LogP contribution in [0.25, 0.3) is 0 Å². The zero-order valence-corrected chi connectivity index (χ0v) is 17.6. The molecule has 7 heteroatoms. The summed E-state index contributed by atoms with van der Waals surface area (Å²) in [7, 11) is 0. The van der Waals surface area contributed by atoms with Crippen molar-refractivity contribution in [3.05, 3.63) is 24.3 Å². The molecule has 3 rings (SSSR count). The molecule has 1 aromatic rings. The highest BCUT2D eigenvalue weighted by Crippen LogP contribution is 2.29. The molecular weight excluding hydrogens is 356 g/mol. The van der Waals surface area contributed by atoms with E-state index >= 15 is 0 Å². The van der Waals surface area contributed by atoms with E-state index in [-0.39, 0.29) is 18.2 Å². The number of hydrogen-bond donors (Lipinski definition) is 0. The molecule has 0 N–H and O–H groups in total. The fourth-order valence-electron chi connectivity index (χ4n) is 3.86. The van der Waals surface area contributed by atoms with E-state index in [1.165, 1.54) is 0 Å². The number of ether oxygens (including phenoxy) is 1. The minimum absolute atomic E-state index is 0.00845. The minimum Gasteiger partial charge on any atom is -0.444 e. The summed E-state index contributed by atoms with van der Waals surface area (Å²) in [5, 5.41) is 0. The fourth-order valence-corrected chi connectivity index (χ4v) is 3.86. The number of carbonyl (C=O) groups is 2. The van der Waals surface area contributed by atoms with Gasteiger partial charge in [0.1, 0.15) is 5.60 Å². The van der Waals surface area contributed by atoms with E-state index in [4.69, 9.17) is 4.74 Å². The molecule has 0 bridgehead atoms. The first kappa shape index (κ1) is 20.3. The number of nitrogens with zero attached hydrogens (tertiary/aromatic N) is 4. The number of urea groups is 1. The summed E-state index contributed by atoms with van der Waals surface area (Å²) in [5.41, 5.74) is 1.51. The highest BCUT2D eigenvalue weighted by atomic mass is 16.6. The lowest BCUT2D eigenvalue weighted by Crippen LogP contribution is -2.54. The normalized spacial score (nSPS) is 19.7. The molecule has 154 valence electrons. The molecule has 2 fully saturated rings. The first-order valence-electron chi connectivity index (χ1n) is 10.1. The third-order valence-electron chi connectivity index (χ3n) is 5.27. The number of fused-ring (bicyclic) bond motifs is 1. The molecule has 2 aliphatic heterocycles. The Morgan fingerprint density at radius 1 is 1.18 bits per heavy atom. The second-order valence-electron chi connectivity index (χ2n) is 8.36. The number of piperazine rings is 1. The van der Waals surface area contributed by atoms with Crippen molar-refractivity contribution in [2.24, 2.45) is 0 Å². The van der Waals surface area contributed by atoms with Gasteiger partial charge >= 0.3 is 12.1 Å². The van der Waals surface area contributed by atoms with Gasteiger partial charge in [-0.15, -0.1) is 0 Å². The van der Waals surface area contributed by atoms with Crippen LogP contribution in [0.5, 0.6) is 0 Å². The molecule has 0 spiro atoms. The lowest BCUT2D eigenvalue weighted by Gasteiger charge is -2.36. The van der Waals surface area contributed by atoms with E-state index < -0.39 is 5.60 Å². The maximum absolute atomic E-state index is 13.0. The quantitative estimate of drug-likeness (QED) is 0.793. The smallest absolute Gasteiger partial charge is 0.410 e. The van der Waals surface area contributed by atoms with Gasteiger partial charge in [0.25, 0.3) is 0 Å². The van der Waals surface area contributed by atoms with Gasteiger partial charge in [0, 0.05) is 50.6 Å². The molecule has 0 radical (unpaired) electrons. The highest BCUT2D eigenvalue weighted by molar-refractivity contribution is 5.95. The van der Waals surface area contributed by atoms with Gasteiger partial charge in [-0.2, -0.15) is 0 Å². The summed E-state index contributed by atoms with van der Waals surface area (Å²) in [6.45, 7) is 13.8. The Balaban J connectivity index is 1.72. The molecule has 1 unspecified atom stereocenters. The fraction of sp³-hybridized carbons (Fsp3) is 0.619. The number of amides is 3. The second kappa shape index (κ2) is 7.89. The standard InChI is InChI=1S/C21H32N4O3/c1-6-22(7-2)16-9-8-10-17(13-16)25-15-18-14-23(11-12-24(18)19(25)26)20(27)28-21(3,4)5/h8-10,13,18H,6-7,11-12,14-15H2,1-5H3. The Labute approximate surface area is 167 Å². The first-order valence-corrected chi connectivity index (χ1v) is 10.1. The molecule has 3 amide bonds. The van der Waals surface area contributed by atoms with Crippen LogP contribution >= 0.6 is 0 Å². The molecule has 0 aromatic heterocycles. The summed E-state index contributed by atoms with van der Waals surface area (Å²) in [4.78, 5) is 33.1. The van der Waals surface area contributed by atoms with Crippen molar-refractivity contribution in [3.8, 4) is 0 Å². The zero-order valence-electron chi connectivity index (χ0n) is 17.6. The Kier molecular flexibility index (Phi) is 5.72. The maximum Gasteiger partial charge on any atom is 0.410 e. The van der Waals surface area contributed by atoms with Gasteiger partial charge in [-0.25, -0.2) is 9.59 Å². The molecule has 0 saturated carbocycles. The topological polar surface area (TPSA) is 56.3 Å². The van der Waals surface area contributed by atoms with Crippen molar-refractivity contribution in [1.82, 2.24) is 9.80 Å². The number of carbonyl (C=O) groups excluding carboxylic acids is 2. The summed E-state index contributed by atoms with van der Waals surface area (Å²) in [5.74, 6) is 0. The van der Waals surface area contributed by atoms with Gasteiger partial charge in [-0.1, -0.05) is 6.07 Å². The number of benzene rings is 1. The van der Waals surface area contributed by atoms with Gasteiger partial charge < -0.3 is 19.4 Å². The molecule has 1 atom stereocenters. The summed E-state index contributed by atoms with van der Waals surface area (Å²) in [6.07, 6.45) is -0.304. The van der Waals surface area contributed by atoms with Crippen LogP contribution in [-0.2, 0) is 4.74 Å². The average Bonchev–Trinajstić information content (AvgIpc) is 2.98. The van der Waals surface area contributed by atoms with Gasteiger partial charge in [-0.05, 0) is 52.8 Å². The molecule has 7 nitrogen and oxygen atoms in total. The lowest BCUT2D eigenvalue weighted by atomic mass is 10.2. The van der Waals surface area contributed by atoms with Crippen molar-refractivity contribution in [1.29, 1.82) is 0 Å². The minimum atomic E-state index is -0.517. The molecule has 1 aromatic carbocycles. The van der Waals surface area contributed by atoms with Crippen LogP contribution in [0.2, 0.25) is 0 Å². The van der Waals surface area contributed by atoms with Crippen LogP contribution in [0.4, 0.5) is 21.0 Å². The molecule has 2 aliphatic rings. The molecule has 2 saturated heterocycles. The Morgan fingerprint density at radius 3 is 2.54 bits per heavy atom. The van der Waals surface area contributed by atoms with Crippen LogP contribution in [-0.4, -0.2) is 72.8 Å². The Bertz CT molecular complexity index is 727. The SMILES string of the molecule is CCN(CC)c1cccc(N2CC3CN(C(=O)OC(C)(C)C)CCN3C2=O)c1. The van der Waals surface area contributed by atoms with Crippen molar-refractivity contribution < 1.29 is 14.3 Å². The van der Waals surface area contributed by atoms with Gasteiger partial charge in [-0.3, -0.25) is 4.90 Å². The maximum atomic E-state index is 13.0. The van der Waals surface area contributed by atoms with Crippen LogP contribution in [0.15, 0.2) is 24.3 Å². The summed E-state index contributed by atoms with van der Waals surface area (Å²) in [6, 6.07) is 8.15. The third-order valence-corrected chi connectivity index (χ3v) is 5.27. The van der Waals surface area contributed by atoms with Gasteiger partial charge in [0.05, 0.1) is 6.04 Å². The Hall–Kier alpha value is -2.44. The van der Waals surface area contributed by atoms with Crippen molar-refractivity contribution in [2.45, 2.75) is 46.3 Å². The van der Waals surface area contributed by atoms with Crippen molar-refractivity contribution in [3.63, 3.8) is 0 Å². The van der Waals surface area contributed by atoms with E-state index in [0.717, 1.165) is 24.5 Å². The van der Waals surface area contributed by atoms with Gasteiger partial charge in [0.2, 0.25) is 0 Å². The number of rotatable bonds is 4. The van der Waals surface area contributed by atoms with Gasteiger partial charge in [0.15, 0.2) is 0 Å². The largest absolute Gasteiger partial charge is 0.444 e. The number of anilines is 2. The monoisotopic (exact) mass is 388 g/mol. The summed E-state index contributed by atoms with van der Waals surface area (Å²) < 4.78 is 5.50. The van der Waals surface area contributed by atoms with E-state index in [1.54, 1.807) is 4.90 Å². The average molecular weight is 389 g/mol. The summed E-state index contributed by atoms with van der Waals surface area (Å²) >= 11 is 0. The molecule has 0 aliphatic carbocycles. The number of hydrogen-bond acceptors (Lipinski definition) is 4. The zero-order chi connectivity index (χ0) is 20.5. The predicted molar refractivity (Wildman–Crippen MR) is 111 cm³/mol. The lowest BCUT2D eigenvalue weighted by molar-refractivity contribution is 0.0128. The van der Waals surface area contributed by atoms with Crippen LogP contribution in [0, 0.1) is 0 Å². The third kappa shape index (κ3) is 4.18.